The fraction of sp³-hybridized carbons (Fsp3) is 0.583. The van der Waals surface area contributed by atoms with Crippen LogP contribution in [-0.4, -0.2) is 43.2 Å². The van der Waals surface area contributed by atoms with Crippen molar-refractivity contribution in [2.24, 2.45) is 5.92 Å². The summed E-state index contributed by atoms with van der Waals surface area (Å²) in [6.45, 7) is 6.23. The molecule has 0 unspecified atom stereocenters. The third-order valence-electron chi connectivity index (χ3n) is 7.15. The van der Waals surface area contributed by atoms with Gasteiger partial charge in [0, 0.05) is 12.1 Å². The number of tetrazole rings is 1. The first-order valence-corrected chi connectivity index (χ1v) is 11.8. The Morgan fingerprint density at radius 3 is 2.77 bits per heavy atom. The molecule has 2 atom stereocenters. The maximum atomic E-state index is 13.4. The second-order valence-electron chi connectivity index (χ2n) is 9.51. The number of nitrogens with zero attached hydrogens (tertiary/aromatic N) is 5. The molecule has 3 aromatic rings. The Bertz CT molecular complexity index is 1110. The van der Waals surface area contributed by atoms with Crippen LogP contribution in [0.4, 0.5) is 0 Å². The van der Waals surface area contributed by atoms with Gasteiger partial charge in [-0.05, 0) is 72.5 Å². The summed E-state index contributed by atoms with van der Waals surface area (Å²) >= 11 is 0. The Hall–Kier alpha value is -2.54. The number of piperidine rings is 1. The van der Waals surface area contributed by atoms with E-state index in [0.717, 1.165) is 60.2 Å². The van der Waals surface area contributed by atoms with Crippen molar-refractivity contribution in [1.29, 1.82) is 0 Å². The van der Waals surface area contributed by atoms with E-state index in [-0.39, 0.29) is 11.6 Å². The van der Waals surface area contributed by atoms with Crippen LogP contribution in [0.15, 0.2) is 29.1 Å². The van der Waals surface area contributed by atoms with Gasteiger partial charge in [-0.2, -0.15) is 0 Å². The van der Waals surface area contributed by atoms with E-state index >= 15 is 0 Å². The molecule has 1 N–H and O–H groups in total. The largest absolute Gasteiger partial charge is 0.321 e. The lowest BCUT2D eigenvalue weighted by Gasteiger charge is -2.37. The summed E-state index contributed by atoms with van der Waals surface area (Å²) in [5.74, 6) is 1.41. The summed E-state index contributed by atoms with van der Waals surface area (Å²) in [5.41, 5.74) is 2.70. The molecule has 7 nitrogen and oxygen atoms in total. The summed E-state index contributed by atoms with van der Waals surface area (Å²) in [5, 5.41) is 14.1. The molecule has 2 fully saturated rings. The first-order chi connectivity index (χ1) is 15.1. The molecule has 3 heterocycles. The number of H-pyrrole nitrogens is 1. The number of aromatic amines is 1. The van der Waals surface area contributed by atoms with Crippen molar-refractivity contribution in [2.45, 2.75) is 70.9 Å². The monoisotopic (exact) mass is 420 g/mol. The number of aromatic nitrogens is 5. The zero-order chi connectivity index (χ0) is 21.4. The molecule has 0 bridgehead atoms. The van der Waals surface area contributed by atoms with Gasteiger partial charge in [0.2, 0.25) is 0 Å². The smallest absolute Gasteiger partial charge is 0.253 e. The third kappa shape index (κ3) is 3.91. The topological polar surface area (TPSA) is 79.7 Å². The first-order valence-electron chi connectivity index (χ1n) is 11.8. The van der Waals surface area contributed by atoms with Gasteiger partial charge in [0.05, 0.1) is 11.6 Å². The molecule has 2 aromatic heterocycles. The molecular formula is C24H32N6O. The van der Waals surface area contributed by atoms with Gasteiger partial charge in [0.1, 0.15) is 6.04 Å². The van der Waals surface area contributed by atoms with Crippen molar-refractivity contribution < 1.29 is 0 Å². The fourth-order valence-corrected chi connectivity index (χ4v) is 5.53. The van der Waals surface area contributed by atoms with Gasteiger partial charge in [-0.15, -0.1) is 5.10 Å². The number of benzene rings is 1. The molecule has 0 spiro atoms. The van der Waals surface area contributed by atoms with Gasteiger partial charge >= 0.3 is 0 Å². The number of hydrogen-bond donors (Lipinski definition) is 1. The fourth-order valence-electron chi connectivity index (χ4n) is 5.53. The molecule has 1 aliphatic carbocycles. The summed E-state index contributed by atoms with van der Waals surface area (Å²) in [4.78, 5) is 19.0. The predicted molar refractivity (Wildman–Crippen MR) is 121 cm³/mol. The van der Waals surface area contributed by atoms with Crippen LogP contribution in [0.3, 0.4) is 0 Å². The molecule has 1 saturated carbocycles. The predicted octanol–water partition coefficient (Wildman–Crippen LogP) is 4.15. The van der Waals surface area contributed by atoms with Crippen LogP contribution < -0.4 is 5.56 Å². The number of likely N-dealkylation sites (tertiary alicyclic amines) is 1. The zero-order valence-corrected chi connectivity index (χ0v) is 18.5. The number of para-hydroxylation sites is 1. The lowest BCUT2D eigenvalue weighted by atomic mass is 9.93. The maximum absolute atomic E-state index is 13.4. The molecule has 0 radical (unpaired) electrons. The molecule has 1 saturated heterocycles. The number of aryl methyl sites for hydroxylation is 1. The summed E-state index contributed by atoms with van der Waals surface area (Å²) in [6, 6.07) is 8.31. The van der Waals surface area contributed by atoms with Gasteiger partial charge < -0.3 is 4.98 Å². The molecule has 2 aliphatic rings. The minimum absolute atomic E-state index is 0.0387. The van der Waals surface area contributed by atoms with E-state index in [1.165, 1.54) is 25.7 Å². The SMILES string of the molecule is Cc1cccc2cc([C@@H](c3nnnn3C3CCCCC3)N3CCC[C@H](C)C3)c(=O)[nH]c12. The summed E-state index contributed by atoms with van der Waals surface area (Å²) in [6.07, 6.45) is 8.28. The van der Waals surface area contributed by atoms with Crippen molar-refractivity contribution in [3.63, 3.8) is 0 Å². The van der Waals surface area contributed by atoms with Crippen LogP contribution in [0.2, 0.25) is 0 Å². The highest BCUT2D eigenvalue weighted by molar-refractivity contribution is 5.82. The van der Waals surface area contributed by atoms with Crippen molar-refractivity contribution in [3.05, 3.63) is 51.6 Å². The molecule has 0 amide bonds. The second kappa shape index (κ2) is 8.54. The van der Waals surface area contributed by atoms with E-state index in [2.05, 4.69) is 44.5 Å². The highest BCUT2D eigenvalue weighted by atomic mass is 16.1. The van der Waals surface area contributed by atoms with Crippen LogP contribution in [0, 0.1) is 12.8 Å². The normalized spacial score (nSPS) is 22.1. The van der Waals surface area contributed by atoms with E-state index in [4.69, 9.17) is 0 Å². The van der Waals surface area contributed by atoms with E-state index in [0.29, 0.717) is 12.0 Å². The lowest BCUT2D eigenvalue weighted by Crippen LogP contribution is -2.41. The van der Waals surface area contributed by atoms with Crippen molar-refractivity contribution in [1.82, 2.24) is 30.1 Å². The van der Waals surface area contributed by atoms with E-state index in [9.17, 15) is 4.79 Å². The molecule has 1 aliphatic heterocycles. The number of pyridine rings is 1. The van der Waals surface area contributed by atoms with Crippen LogP contribution in [-0.2, 0) is 0 Å². The average molecular weight is 421 g/mol. The quantitative estimate of drug-likeness (QED) is 0.686. The van der Waals surface area contributed by atoms with Crippen LogP contribution >= 0.6 is 0 Å². The highest BCUT2D eigenvalue weighted by Gasteiger charge is 2.34. The van der Waals surface area contributed by atoms with Gasteiger partial charge in [0.15, 0.2) is 5.82 Å². The minimum Gasteiger partial charge on any atom is -0.321 e. The Labute approximate surface area is 182 Å². The van der Waals surface area contributed by atoms with E-state index < -0.39 is 0 Å². The van der Waals surface area contributed by atoms with Gasteiger partial charge in [-0.3, -0.25) is 9.69 Å². The molecule has 7 heteroatoms. The van der Waals surface area contributed by atoms with E-state index in [1.54, 1.807) is 0 Å². The molecular weight excluding hydrogens is 388 g/mol. The van der Waals surface area contributed by atoms with Gasteiger partial charge in [-0.25, -0.2) is 4.68 Å². The van der Waals surface area contributed by atoms with Gasteiger partial charge in [0.25, 0.3) is 5.56 Å². The zero-order valence-electron chi connectivity index (χ0n) is 18.5. The lowest BCUT2D eigenvalue weighted by molar-refractivity contribution is 0.138. The Balaban J connectivity index is 1.64. The van der Waals surface area contributed by atoms with Crippen molar-refractivity contribution in [3.8, 4) is 0 Å². The Kier molecular flexibility index (Phi) is 5.61. The number of hydrogen-bond acceptors (Lipinski definition) is 5. The van der Waals surface area contributed by atoms with Crippen LogP contribution in [0.25, 0.3) is 10.9 Å². The molecule has 1 aromatic carbocycles. The Morgan fingerprint density at radius 2 is 1.97 bits per heavy atom. The Morgan fingerprint density at radius 1 is 1.13 bits per heavy atom. The second-order valence-corrected chi connectivity index (χ2v) is 9.51. The molecule has 5 rings (SSSR count). The van der Waals surface area contributed by atoms with E-state index in [1.807, 2.05) is 23.7 Å². The summed E-state index contributed by atoms with van der Waals surface area (Å²) < 4.78 is 2.03. The molecule has 31 heavy (non-hydrogen) atoms. The highest BCUT2D eigenvalue weighted by Crippen LogP contribution is 2.34. The maximum Gasteiger partial charge on any atom is 0.253 e. The van der Waals surface area contributed by atoms with Gasteiger partial charge in [-0.1, -0.05) is 44.4 Å². The first kappa shape index (κ1) is 20.4. The number of rotatable bonds is 4. The summed E-state index contributed by atoms with van der Waals surface area (Å²) in [7, 11) is 0. The van der Waals surface area contributed by atoms with Crippen molar-refractivity contribution in [2.75, 3.05) is 13.1 Å². The number of nitrogens with one attached hydrogen (secondary N) is 1. The standard InChI is InChI=1S/C24H32N6O/c1-16-8-7-13-29(15-16)22(23-26-27-28-30(23)19-11-4-3-5-12-19)20-14-18-10-6-9-17(2)21(18)25-24(20)31/h6,9-10,14,16,19,22H,3-5,7-8,11-13,15H2,1-2H3,(H,25,31)/t16-,22-/m0/s1. The number of fused-ring (bicyclic) bond motifs is 1. The van der Waals surface area contributed by atoms with Crippen LogP contribution in [0.1, 0.15) is 80.9 Å². The third-order valence-corrected chi connectivity index (χ3v) is 7.15. The van der Waals surface area contributed by atoms with Crippen LogP contribution in [0.5, 0.6) is 0 Å². The average Bonchev–Trinajstić information content (AvgIpc) is 3.25. The molecule has 164 valence electrons. The van der Waals surface area contributed by atoms with Crippen molar-refractivity contribution >= 4 is 10.9 Å². The minimum atomic E-state index is -0.228.